The van der Waals surface area contributed by atoms with Gasteiger partial charge < -0.3 is 15.4 Å². The second kappa shape index (κ2) is 8.48. The Balaban J connectivity index is 2.38. The average Bonchev–Trinajstić information content (AvgIpc) is 2.38. The Morgan fingerprint density at radius 3 is 2.95 bits per heavy atom. The van der Waals surface area contributed by atoms with Crippen LogP contribution in [0.25, 0.3) is 0 Å². The van der Waals surface area contributed by atoms with Crippen LogP contribution in [0.5, 0.6) is 0 Å². The van der Waals surface area contributed by atoms with Crippen LogP contribution in [0.3, 0.4) is 0 Å². The largest absolute Gasteiger partial charge is 0.383 e. The minimum atomic E-state index is -0.151. The molecule has 19 heavy (non-hydrogen) atoms. The first-order valence-corrected chi connectivity index (χ1v) is 6.69. The quantitative estimate of drug-likeness (QED) is 0.705. The molecule has 0 saturated carbocycles. The van der Waals surface area contributed by atoms with Gasteiger partial charge >= 0.3 is 0 Å². The number of nitrogens with zero attached hydrogens (tertiary/aromatic N) is 1. The van der Waals surface area contributed by atoms with Gasteiger partial charge in [0.2, 0.25) is 0 Å². The zero-order chi connectivity index (χ0) is 14.1. The second-order valence-corrected chi connectivity index (χ2v) is 4.68. The first-order chi connectivity index (χ1) is 9.13. The summed E-state index contributed by atoms with van der Waals surface area (Å²) in [5, 5.41) is 5.93. The van der Waals surface area contributed by atoms with E-state index < -0.39 is 0 Å². The number of hydrogen-bond donors (Lipinski definition) is 2. The number of pyridine rings is 1. The summed E-state index contributed by atoms with van der Waals surface area (Å²) in [4.78, 5) is 15.7. The smallest absolute Gasteiger partial charge is 0.269 e. The highest BCUT2D eigenvalue weighted by atomic mass is 16.5. The van der Waals surface area contributed by atoms with Crippen LogP contribution < -0.4 is 10.6 Å². The van der Waals surface area contributed by atoms with Crippen molar-refractivity contribution >= 4 is 11.6 Å². The summed E-state index contributed by atoms with van der Waals surface area (Å²) in [6, 6.07) is 3.58. The van der Waals surface area contributed by atoms with E-state index in [4.69, 9.17) is 4.74 Å². The number of hydrogen-bond acceptors (Lipinski definition) is 4. The van der Waals surface area contributed by atoms with Crippen LogP contribution in [0.15, 0.2) is 18.3 Å². The summed E-state index contributed by atoms with van der Waals surface area (Å²) in [5.74, 6) is 0.396. The fraction of sp³-hybridized carbons (Fsp3) is 0.571. The van der Waals surface area contributed by atoms with Gasteiger partial charge in [0.15, 0.2) is 0 Å². The van der Waals surface area contributed by atoms with Crippen molar-refractivity contribution in [2.24, 2.45) is 5.92 Å². The van der Waals surface area contributed by atoms with Crippen molar-refractivity contribution < 1.29 is 9.53 Å². The first kappa shape index (κ1) is 15.4. The molecule has 0 saturated heterocycles. The predicted molar refractivity (Wildman–Crippen MR) is 76.4 cm³/mol. The van der Waals surface area contributed by atoms with Crippen molar-refractivity contribution in [3.8, 4) is 0 Å². The number of aromatic nitrogens is 1. The molecule has 0 bridgehead atoms. The number of amides is 1. The molecule has 1 aromatic rings. The van der Waals surface area contributed by atoms with E-state index in [9.17, 15) is 4.79 Å². The minimum Gasteiger partial charge on any atom is -0.383 e. The van der Waals surface area contributed by atoms with Crippen molar-refractivity contribution in [3.63, 3.8) is 0 Å². The molecule has 5 heteroatoms. The van der Waals surface area contributed by atoms with Crippen LogP contribution in [0.2, 0.25) is 0 Å². The molecule has 106 valence electrons. The van der Waals surface area contributed by atoms with E-state index in [2.05, 4.69) is 29.5 Å². The number of nitrogens with one attached hydrogen (secondary N) is 2. The van der Waals surface area contributed by atoms with Gasteiger partial charge in [0.05, 0.1) is 6.61 Å². The van der Waals surface area contributed by atoms with Crippen LogP contribution in [0.4, 0.5) is 5.69 Å². The lowest BCUT2D eigenvalue weighted by Gasteiger charge is -2.09. The lowest BCUT2D eigenvalue weighted by molar-refractivity contribution is 0.0951. The molecule has 0 aliphatic heterocycles. The van der Waals surface area contributed by atoms with Gasteiger partial charge in [-0.25, -0.2) is 0 Å². The van der Waals surface area contributed by atoms with Crippen molar-refractivity contribution in [3.05, 3.63) is 24.0 Å². The molecule has 0 atom stereocenters. The second-order valence-electron chi connectivity index (χ2n) is 4.68. The van der Waals surface area contributed by atoms with E-state index in [1.807, 2.05) is 13.0 Å². The fourth-order valence-corrected chi connectivity index (χ4v) is 1.50. The maximum Gasteiger partial charge on any atom is 0.269 e. The summed E-state index contributed by atoms with van der Waals surface area (Å²) in [7, 11) is 0. The Bertz CT molecular complexity index is 394. The Morgan fingerprint density at radius 2 is 2.26 bits per heavy atom. The minimum absolute atomic E-state index is 0.151. The summed E-state index contributed by atoms with van der Waals surface area (Å²) in [6.07, 6.45) is 1.63. The van der Waals surface area contributed by atoms with Crippen molar-refractivity contribution in [1.29, 1.82) is 0 Å². The van der Waals surface area contributed by atoms with Crippen molar-refractivity contribution in [1.82, 2.24) is 10.3 Å². The van der Waals surface area contributed by atoms with Crippen LogP contribution in [-0.4, -0.2) is 37.2 Å². The normalized spacial score (nSPS) is 10.5. The Kier molecular flexibility index (Phi) is 6.89. The molecular formula is C14H23N3O2. The monoisotopic (exact) mass is 265 g/mol. The molecule has 0 aliphatic carbocycles. The number of carbonyl (C=O) groups is 1. The van der Waals surface area contributed by atoms with Gasteiger partial charge in [-0.3, -0.25) is 9.78 Å². The summed E-state index contributed by atoms with van der Waals surface area (Å²) in [6.45, 7) is 8.85. The highest BCUT2D eigenvalue weighted by Crippen LogP contribution is 2.07. The highest BCUT2D eigenvalue weighted by molar-refractivity contribution is 5.93. The number of ether oxygens (including phenoxy) is 1. The summed E-state index contributed by atoms with van der Waals surface area (Å²) in [5.41, 5.74) is 1.30. The van der Waals surface area contributed by atoms with E-state index in [0.717, 1.165) is 12.3 Å². The average molecular weight is 265 g/mol. The van der Waals surface area contributed by atoms with E-state index in [1.54, 1.807) is 12.3 Å². The standard InChI is InChI=1S/C14H23N3O2/c1-4-15-14(18)13-9-12(5-6-17-13)16-7-8-19-10-11(2)3/h5-6,9,11H,4,7-8,10H2,1-3H3,(H,15,18)(H,16,17). The maximum absolute atomic E-state index is 11.6. The third kappa shape index (κ3) is 6.20. The Morgan fingerprint density at radius 1 is 1.47 bits per heavy atom. The molecule has 1 aromatic heterocycles. The number of carbonyl (C=O) groups excluding carboxylic acids is 1. The van der Waals surface area contributed by atoms with E-state index >= 15 is 0 Å². The molecule has 5 nitrogen and oxygen atoms in total. The molecule has 0 radical (unpaired) electrons. The zero-order valence-corrected chi connectivity index (χ0v) is 11.9. The third-order valence-electron chi connectivity index (χ3n) is 2.36. The van der Waals surface area contributed by atoms with Gasteiger partial charge in [0.1, 0.15) is 5.69 Å². The van der Waals surface area contributed by atoms with Crippen LogP contribution in [0.1, 0.15) is 31.3 Å². The number of anilines is 1. The van der Waals surface area contributed by atoms with Crippen molar-refractivity contribution in [2.75, 3.05) is 31.6 Å². The Labute approximate surface area is 114 Å². The molecule has 1 amide bonds. The maximum atomic E-state index is 11.6. The molecule has 0 spiro atoms. The molecule has 0 unspecified atom stereocenters. The SMILES string of the molecule is CCNC(=O)c1cc(NCCOCC(C)C)ccn1. The van der Waals surface area contributed by atoms with Crippen LogP contribution in [0, 0.1) is 5.92 Å². The summed E-state index contributed by atoms with van der Waals surface area (Å²) >= 11 is 0. The predicted octanol–water partition coefficient (Wildman–Crippen LogP) is 1.92. The fourth-order valence-electron chi connectivity index (χ4n) is 1.50. The Hall–Kier alpha value is -1.62. The zero-order valence-electron chi connectivity index (χ0n) is 11.9. The van der Waals surface area contributed by atoms with E-state index in [1.165, 1.54) is 0 Å². The van der Waals surface area contributed by atoms with Crippen molar-refractivity contribution in [2.45, 2.75) is 20.8 Å². The van der Waals surface area contributed by atoms with Gasteiger partial charge in [0.25, 0.3) is 5.91 Å². The lowest BCUT2D eigenvalue weighted by Crippen LogP contribution is -2.23. The van der Waals surface area contributed by atoms with Gasteiger partial charge in [-0.1, -0.05) is 13.8 Å². The van der Waals surface area contributed by atoms with Crippen LogP contribution >= 0.6 is 0 Å². The molecule has 0 aromatic carbocycles. The topological polar surface area (TPSA) is 63.2 Å². The summed E-state index contributed by atoms with van der Waals surface area (Å²) < 4.78 is 5.48. The van der Waals surface area contributed by atoms with E-state index in [-0.39, 0.29) is 5.91 Å². The third-order valence-corrected chi connectivity index (χ3v) is 2.36. The van der Waals surface area contributed by atoms with Gasteiger partial charge in [-0.2, -0.15) is 0 Å². The van der Waals surface area contributed by atoms with Gasteiger partial charge in [0, 0.05) is 31.6 Å². The number of rotatable bonds is 8. The first-order valence-electron chi connectivity index (χ1n) is 6.69. The lowest BCUT2D eigenvalue weighted by atomic mass is 10.2. The molecule has 2 N–H and O–H groups in total. The molecule has 0 fully saturated rings. The van der Waals surface area contributed by atoms with E-state index in [0.29, 0.717) is 31.3 Å². The molecule has 1 heterocycles. The van der Waals surface area contributed by atoms with Crippen LogP contribution in [-0.2, 0) is 4.74 Å². The molecule has 0 aliphatic rings. The van der Waals surface area contributed by atoms with Gasteiger partial charge in [-0.05, 0) is 25.0 Å². The molecular weight excluding hydrogens is 242 g/mol. The highest BCUT2D eigenvalue weighted by Gasteiger charge is 2.05. The molecule has 1 rings (SSSR count). The van der Waals surface area contributed by atoms with Gasteiger partial charge in [-0.15, -0.1) is 0 Å².